The summed E-state index contributed by atoms with van der Waals surface area (Å²) in [4.78, 5) is 12.1. The molecule has 116 valence electrons. The molecule has 0 aromatic heterocycles. The van der Waals surface area contributed by atoms with Crippen molar-refractivity contribution in [1.82, 2.24) is 10.6 Å². The molecule has 1 aromatic carbocycles. The molecule has 0 fully saturated rings. The number of amides is 1. The number of carbonyl (C=O) groups excluding carboxylic acids is 1. The fraction of sp³-hybridized carbons (Fsp3) is 0.500. The van der Waals surface area contributed by atoms with Crippen LogP contribution in [0.3, 0.4) is 0 Å². The van der Waals surface area contributed by atoms with Crippen LogP contribution in [0.2, 0.25) is 0 Å². The summed E-state index contributed by atoms with van der Waals surface area (Å²) in [6, 6.07) is 7.18. The number of hydrogen-bond acceptors (Lipinski definition) is 3. The van der Waals surface area contributed by atoms with Crippen LogP contribution in [0.15, 0.2) is 24.3 Å². The van der Waals surface area contributed by atoms with Crippen LogP contribution in [-0.4, -0.2) is 38.4 Å². The third kappa shape index (κ3) is 4.71. The van der Waals surface area contributed by atoms with E-state index in [0.29, 0.717) is 6.54 Å². The van der Waals surface area contributed by atoms with Crippen LogP contribution in [-0.2, 0) is 16.0 Å². The van der Waals surface area contributed by atoms with E-state index in [1.807, 2.05) is 24.3 Å². The SMILES string of the molecule is O=C(NCCOCC(F)(F)F)C1NCCc2ccccc21. The lowest BCUT2D eigenvalue weighted by atomic mass is 9.94. The van der Waals surface area contributed by atoms with Crippen LogP contribution in [0.25, 0.3) is 0 Å². The molecule has 1 aliphatic heterocycles. The van der Waals surface area contributed by atoms with Gasteiger partial charge in [-0.05, 0) is 17.5 Å². The van der Waals surface area contributed by atoms with E-state index in [-0.39, 0.29) is 19.1 Å². The van der Waals surface area contributed by atoms with Crippen LogP contribution in [0, 0.1) is 0 Å². The third-order valence-electron chi connectivity index (χ3n) is 3.18. The smallest absolute Gasteiger partial charge is 0.370 e. The summed E-state index contributed by atoms with van der Waals surface area (Å²) in [6.45, 7) is -0.720. The van der Waals surface area contributed by atoms with Gasteiger partial charge in [-0.3, -0.25) is 4.79 Å². The molecule has 4 nitrogen and oxygen atoms in total. The zero-order chi connectivity index (χ0) is 15.3. The quantitative estimate of drug-likeness (QED) is 0.812. The van der Waals surface area contributed by atoms with Gasteiger partial charge in [0.05, 0.1) is 6.61 Å². The minimum atomic E-state index is -4.34. The normalized spacial score (nSPS) is 18.1. The lowest BCUT2D eigenvalue weighted by Gasteiger charge is -2.26. The predicted molar refractivity (Wildman–Crippen MR) is 70.8 cm³/mol. The number of halogens is 3. The molecule has 1 heterocycles. The van der Waals surface area contributed by atoms with Crippen molar-refractivity contribution >= 4 is 5.91 Å². The van der Waals surface area contributed by atoms with E-state index in [2.05, 4.69) is 15.4 Å². The highest BCUT2D eigenvalue weighted by Crippen LogP contribution is 2.22. The Morgan fingerprint density at radius 1 is 1.38 bits per heavy atom. The molecule has 2 rings (SSSR count). The highest BCUT2D eigenvalue weighted by Gasteiger charge is 2.28. The molecule has 1 amide bonds. The second kappa shape index (κ2) is 6.91. The zero-order valence-corrected chi connectivity index (χ0v) is 11.4. The van der Waals surface area contributed by atoms with E-state index in [4.69, 9.17) is 0 Å². The Hall–Kier alpha value is -1.60. The molecule has 7 heteroatoms. The Morgan fingerprint density at radius 2 is 2.14 bits per heavy atom. The van der Waals surface area contributed by atoms with Gasteiger partial charge in [0.15, 0.2) is 0 Å². The number of nitrogens with one attached hydrogen (secondary N) is 2. The van der Waals surface area contributed by atoms with Gasteiger partial charge in [-0.15, -0.1) is 0 Å². The number of benzene rings is 1. The topological polar surface area (TPSA) is 50.4 Å². The Bertz CT molecular complexity index is 491. The summed E-state index contributed by atoms with van der Waals surface area (Å²) >= 11 is 0. The molecule has 0 saturated heterocycles. The molecule has 0 saturated carbocycles. The second-order valence-corrected chi connectivity index (χ2v) is 4.79. The number of fused-ring (bicyclic) bond motifs is 1. The molecule has 0 radical (unpaired) electrons. The summed E-state index contributed by atoms with van der Waals surface area (Å²) in [5.41, 5.74) is 2.03. The van der Waals surface area contributed by atoms with Gasteiger partial charge in [0.1, 0.15) is 12.6 Å². The molecule has 1 atom stereocenters. The molecule has 2 N–H and O–H groups in total. The van der Waals surface area contributed by atoms with E-state index >= 15 is 0 Å². The number of rotatable bonds is 5. The second-order valence-electron chi connectivity index (χ2n) is 4.79. The zero-order valence-electron chi connectivity index (χ0n) is 11.4. The third-order valence-corrected chi connectivity index (χ3v) is 3.18. The molecular formula is C14H17F3N2O2. The van der Waals surface area contributed by atoms with Crippen LogP contribution in [0.1, 0.15) is 17.2 Å². The van der Waals surface area contributed by atoms with Gasteiger partial charge >= 0.3 is 6.18 Å². The first-order chi connectivity index (χ1) is 9.97. The van der Waals surface area contributed by atoms with Crippen LogP contribution < -0.4 is 10.6 Å². The average molecular weight is 302 g/mol. The summed E-state index contributed by atoms with van der Waals surface area (Å²) < 4.78 is 40.1. The minimum Gasteiger partial charge on any atom is -0.370 e. The summed E-state index contributed by atoms with van der Waals surface area (Å²) in [7, 11) is 0. The van der Waals surface area contributed by atoms with Crippen molar-refractivity contribution in [3.8, 4) is 0 Å². The van der Waals surface area contributed by atoms with Crippen molar-refractivity contribution in [3.05, 3.63) is 35.4 Å². The van der Waals surface area contributed by atoms with Gasteiger partial charge < -0.3 is 15.4 Å². The Kier molecular flexibility index (Phi) is 5.19. The average Bonchev–Trinajstić information content (AvgIpc) is 2.45. The lowest BCUT2D eigenvalue weighted by Crippen LogP contribution is -2.42. The maximum Gasteiger partial charge on any atom is 0.411 e. The van der Waals surface area contributed by atoms with Crippen molar-refractivity contribution in [1.29, 1.82) is 0 Å². The van der Waals surface area contributed by atoms with Gasteiger partial charge in [-0.2, -0.15) is 13.2 Å². The largest absolute Gasteiger partial charge is 0.411 e. The number of alkyl halides is 3. The fourth-order valence-corrected chi connectivity index (χ4v) is 2.27. The maximum absolute atomic E-state index is 12.1. The maximum atomic E-state index is 12.1. The van der Waals surface area contributed by atoms with Gasteiger partial charge in [-0.25, -0.2) is 0 Å². The number of carbonyl (C=O) groups is 1. The lowest BCUT2D eigenvalue weighted by molar-refractivity contribution is -0.173. The molecular weight excluding hydrogens is 285 g/mol. The molecule has 21 heavy (non-hydrogen) atoms. The molecule has 1 aliphatic rings. The Morgan fingerprint density at radius 3 is 2.90 bits per heavy atom. The molecule has 0 bridgehead atoms. The first-order valence-corrected chi connectivity index (χ1v) is 6.71. The standard InChI is InChI=1S/C14H17F3N2O2/c15-14(16,17)9-21-8-7-19-13(20)12-11-4-2-1-3-10(11)5-6-18-12/h1-4,12,18H,5-9H2,(H,19,20). The first kappa shape index (κ1) is 15.8. The van der Waals surface area contributed by atoms with Crippen LogP contribution >= 0.6 is 0 Å². The van der Waals surface area contributed by atoms with Crippen molar-refractivity contribution in [2.24, 2.45) is 0 Å². The minimum absolute atomic E-state index is 0.0509. The highest BCUT2D eigenvalue weighted by molar-refractivity contribution is 5.83. The molecule has 0 aliphatic carbocycles. The van der Waals surface area contributed by atoms with Gasteiger partial charge in [-0.1, -0.05) is 24.3 Å². The monoisotopic (exact) mass is 302 g/mol. The summed E-state index contributed by atoms with van der Waals surface area (Å²) in [6.07, 6.45) is -3.48. The van der Waals surface area contributed by atoms with Crippen molar-refractivity contribution in [3.63, 3.8) is 0 Å². The fourth-order valence-electron chi connectivity index (χ4n) is 2.27. The number of ether oxygens (including phenoxy) is 1. The van der Waals surface area contributed by atoms with E-state index in [1.54, 1.807) is 0 Å². The first-order valence-electron chi connectivity index (χ1n) is 6.71. The van der Waals surface area contributed by atoms with Gasteiger partial charge in [0.25, 0.3) is 0 Å². The van der Waals surface area contributed by atoms with Gasteiger partial charge in [0.2, 0.25) is 5.91 Å². The molecule has 1 unspecified atom stereocenters. The Balaban J connectivity index is 1.80. The highest BCUT2D eigenvalue weighted by atomic mass is 19.4. The predicted octanol–water partition coefficient (Wildman–Crippen LogP) is 1.57. The van der Waals surface area contributed by atoms with E-state index < -0.39 is 18.8 Å². The van der Waals surface area contributed by atoms with Gasteiger partial charge in [0, 0.05) is 13.1 Å². The van der Waals surface area contributed by atoms with Crippen molar-refractivity contribution in [2.45, 2.75) is 18.6 Å². The van der Waals surface area contributed by atoms with Crippen molar-refractivity contribution < 1.29 is 22.7 Å². The van der Waals surface area contributed by atoms with Crippen LogP contribution in [0.4, 0.5) is 13.2 Å². The summed E-state index contributed by atoms with van der Waals surface area (Å²) in [5.74, 6) is -0.252. The van der Waals surface area contributed by atoms with Crippen molar-refractivity contribution in [2.75, 3.05) is 26.3 Å². The van der Waals surface area contributed by atoms with Crippen LogP contribution in [0.5, 0.6) is 0 Å². The number of hydrogen-bond donors (Lipinski definition) is 2. The summed E-state index contributed by atoms with van der Waals surface area (Å²) in [5, 5.41) is 5.69. The van der Waals surface area contributed by atoms with E-state index in [1.165, 1.54) is 0 Å². The molecule has 0 spiro atoms. The Labute approximate surface area is 120 Å². The van der Waals surface area contributed by atoms with E-state index in [9.17, 15) is 18.0 Å². The molecule has 1 aromatic rings. The van der Waals surface area contributed by atoms with E-state index in [0.717, 1.165) is 17.5 Å².